The predicted molar refractivity (Wildman–Crippen MR) is 128 cm³/mol. The molecule has 1 aliphatic rings. The second-order valence-electron chi connectivity index (χ2n) is 8.51. The zero-order valence-electron chi connectivity index (χ0n) is 18.8. The lowest BCUT2D eigenvalue weighted by Gasteiger charge is -2.18. The van der Waals surface area contributed by atoms with E-state index in [0.717, 1.165) is 22.5 Å². The summed E-state index contributed by atoms with van der Waals surface area (Å²) in [5.74, 6) is 0.715. The molecule has 0 saturated carbocycles. The van der Waals surface area contributed by atoms with E-state index in [9.17, 15) is 12.8 Å². The van der Waals surface area contributed by atoms with E-state index < -0.39 is 9.84 Å². The lowest BCUT2D eigenvalue weighted by atomic mass is 10.2. The molecule has 1 saturated heterocycles. The van der Waals surface area contributed by atoms with Gasteiger partial charge in [-0.1, -0.05) is 18.2 Å². The Morgan fingerprint density at radius 3 is 2.67 bits per heavy atom. The Morgan fingerprint density at radius 1 is 1.27 bits per heavy atom. The molecule has 11 heteroatoms. The Hall–Kier alpha value is -2.63. The SMILES string of the molecule is Cc1nn(C2CCS(=O)(=O)C2)c(C)c1CN(C)Cn1[nH]c(/C=C/c2ccc(F)cc2)nc1=S. The number of sulfone groups is 1. The molecule has 3 heterocycles. The van der Waals surface area contributed by atoms with Crippen LogP contribution in [0.1, 0.15) is 40.8 Å². The van der Waals surface area contributed by atoms with Crippen molar-refractivity contribution in [3.8, 4) is 0 Å². The fraction of sp³-hybridized carbons (Fsp3) is 0.409. The zero-order chi connectivity index (χ0) is 23.8. The predicted octanol–water partition coefficient (Wildman–Crippen LogP) is 3.51. The number of nitrogens with zero attached hydrogens (tertiary/aromatic N) is 5. The van der Waals surface area contributed by atoms with Gasteiger partial charge in [0.05, 0.1) is 29.9 Å². The van der Waals surface area contributed by atoms with Crippen molar-refractivity contribution in [1.82, 2.24) is 29.4 Å². The van der Waals surface area contributed by atoms with Crippen molar-refractivity contribution in [2.75, 3.05) is 18.6 Å². The highest BCUT2D eigenvalue weighted by atomic mass is 32.2. The van der Waals surface area contributed by atoms with Crippen LogP contribution in [-0.4, -0.2) is 56.4 Å². The number of benzene rings is 1. The number of hydrogen-bond donors (Lipinski definition) is 1. The molecule has 1 N–H and O–H groups in total. The van der Waals surface area contributed by atoms with E-state index in [1.807, 2.05) is 31.7 Å². The molecule has 176 valence electrons. The average molecular weight is 491 g/mol. The molecule has 0 spiro atoms. The molecule has 2 aromatic heterocycles. The number of aromatic amines is 1. The third-order valence-corrected chi connectivity index (χ3v) is 7.90. The van der Waals surface area contributed by atoms with Gasteiger partial charge in [-0.25, -0.2) is 17.5 Å². The monoisotopic (exact) mass is 490 g/mol. The molecule has 0 radical (unpaired) electrons. The van der Waals surface area contributed by atoms with Crippen molar-refractivity contribution in [2.24, 2.45) is 0 Å². The Morgan fingerprint density at radius 2 is 2.00 bits per heavy atom. The normalized spacial score (nSPS) is 18.0. The molecule has 1 aliphatic heterocycles. The summed E-state index contributed by atoms with van der Waals surface area (Å²) in [6.45, 7) is 5.08. The molecule has 8 nitrogen and oxygen atoms in total. The number of hydrogen-bond acceptors (Lipinski definition) is 6. The van der Waals surface area contributed by atoms with Gasteiger partial charge in [0, 0.05) is 17.8 Å². The van der Waals surface area contributed by atoms with Crippen molar-refractivity contribution in [2.45, 2.75) is 39.5 Å². The first-order valence-electron chi connectivity index (χ1n) is 10.7. The van der Waals surface area contributed by atoms with Gasteiger partial charge in [0.2, 0.25) is 4.77 Å². The molecule has 1 atom stereocenters. The van der Waals surface area contributed by atoms with Crippen molar-refractivity contribution >= 4 is 34.2 Å². The van der Waals surface area contributed by atoms with Gasteiger partial charge in [0.1, 0.15) is 11.6 Å². The lowest BCUT2D eigenvalue weighted by Crippen LogP contribution is -2.23. The van der Waals surface area contributed by atoms with Gasteiger partial charge in [-0.2, -0.15) is 10.1 Å². The van der Waals surface area contributed by atoms with Gasteiger partial charge in [0.25, 0.3) is 0 Å². The minimum atomic E-state index is -2.97. The van der Waals surface area contributed by atoms with Crippen LogP contribution in [0, 0.1) is 24.4 Å². The fourth-order valence-electron chi connectivity index (χ4n) is 4.10. The van der Waals surface area contributed by atoms with Crippen LogP contribution < -0.4 is 0 Å². The maximum Gasteiger partial charge on any atom is 0.217 e. The van der Waals surface area contributed by atoms with Crippen molar-refractivity contribution in [3.05, 3.63) is 63.2 Å². The Labute approximate surface area is 197 Å². The maximum atomic E-state index is 13.1. The van der Waals surface area contributed by atoms with E-state index in [0.29, 0.717) is 30.2 Å². The van der Waals surface area contributed by atoms with Gasteiger partial charge in [0.15, 0.2) is 9.84 Å². The van der Waals surface area contributed by atoms with E-state index >= 15 is 0 Å². The molecule has 0 bridgehead atoms. The summed E-state index contributed by atoms with van der Waals surface area (Å²) in [5.41, 5.74) is 3.85. The summed E-state index contributed by atoms with van der Waals surface area (Å²) in [4.78, 5) is 6.46. The summed E-state index contributed by atoms with van der Waals surface area (Å²) < 4.78 is 40.9. The number of nitrogens with one attached hydrogen (secondary N) is 1. The average Bonchev–Trinajstić information content (AvgIpc) is 3.38. The minimum absolute atomic E-state index is 0.0931. The third-order valence-electron chi connectivity index (χ3n) is 5.84. The number of aryl methyl sites for hydroxylation is 1. The number of aromatic nitrogens is 5. The highest BCUT2D eigenvalue weighted by Gasteiger charge is 2.31. The van der Waals surface area contributed by atoms with Gasteiger partial charge in [-0.3, -0.25) is 14.7 Å². The van der Waals surface area contributed by atoms with E-state index in [1.54, 1.807) is 22.9 Å². The van der Waals surface area contributed by atoms with Crippen LogP contribution in [0.3, 0.4) is 0 Å². The first-order valence-corrected chi connectivity index (χ1v) is 12.9. The number of H-pyrrole nitrogens is 1. The first-order chi connectivity index (χ1) is 15.6. The number of halogens is 1. The van der Waals surface area contributed by atoms with Crippen LogP contribution in [0.25, 0.3) is 12.2 Å². The minimum Gasteiger partial charge on any atom is -0.283 e. The van der Waals surface area contributed by atoms with Crippen LogP contribution in [-0.2, 0) is 23.1 Å². The number of rotatable bonds is 7. The summed E-state index contributed by atoms with van der Waals surface area (Å²) in [5, 5.41) is 7.82. The lowest BCUT2D eigenvalue weighted by molar-refractivity contribution is 0.243. The molecule has 0 aliphatic carbocycles. The van der Waals surface area contributed by atoms with Crippen molar-refractivity contribution < 1.29 is 12.8 Å². The topological polar surface area (TPSA) is 88.8 Å². The molecule has 33 heavy (non-hydrogen) atoms. The molecule has 4 rings (SSSR count). The van der Waals surface area contributed by atoms with Gasteiger partial charge >= 0.3 is 0 Å². The summed E-state index contributed by atoms with van der Waals surface area (Å²) in [7, 11) is -0.995. The molecule has 1 aromatic carbocycles. The zero-order valence-corrected chi connectivity index (χ0v) is 20.5. The standard InChI is InChI=1S/C22H27FN6O2S2/c1-15-20(16(2)29(25-15)19-10-11-33(30,31)13-19)12-27(3)14-28-22(32)24-21(26-28)9-6-17-4-7-18(23)8-5-17/h4-9,19H,10-14H2,1-3H3,(H,24,26,32)/b9-6+. The smallest absolute Gasteiger partial charge is 0.217 e. The highest BCUT2D eigenvalue weighted by molar-refractivity contribution is 7.91. The quantitative estimate of drug-likeness (QED) is 0.510. The molecule has 1 fully saturated rings. The molecule has 0 amide bonds. The van der Waals surface area contributed by atoms with Gasteiger partial charge in [-0.15, -0.1) is 0 Å². The molecular formula is C22H27FN6O2S2. The first kappa shape index (κ1) is 23.5. The van der Waals surface area contributed by atoms with Crippen LogP contribution in [0.15, 0.2) is 24.3 Å². The van der Waals surface area contributed by atoms with E-state index in [-0.39, 0.29) is 23.4 Å². The summed E-state index contributed by atoms with van der Waals surface area (Å²) >= 11 is 5.39. The Balaban J connectivity index is 1.44. The van der Waals surface area contributed by atoms with Crippen LogP contribution in [0.2, 0.25) is 0 Å². The Kier molecular flexibility index (Phi) is 6.64. The van der Waals surface area contributed by atoms with E-state index in [4.69, 9.17) is 12.2 Å². The van der Waals surface area contributed by atoms with E-state index in [1.165, 1.54) is 12.1 Å². The molecular weight excluding hydrogens is 463 g/mol. The molecule has 3 aromatic rings. The summed E-state index contributed by atoms with van der Waals surface area (Å²) in [6, 6.07) is 6.11. The largest absolute Gasteiger partial charge is 0.283 e. The van der Waals surface area contributed by atoms with Crippen LogP contribution in [0.5, 0.6) is 0 Å². The maximum absolute atomic E-state index is 13.1. The summed E-state index contributed by atoms with van der Waals surface area (Å²) in [6.07, 6.45) is 4.25. The third kappa shape index (κ3) is 5.48. The second kappa shape index (κ2) is 9.32. The molecule has 1 unspecified atom stereocenters. The van der Waals surface area contributed by atoms with Crippen LogP contribution in [0.4, 0.5) is 4.39 Å². The highest BCUT2D eigenvalue weighted by Crippen LogP contribution is 2.27. The van der Waals surface area contributed by atoms with E-state index in [2.05, 4.69) is 20.1 Å². The van der Waals surface area contributed by atoms with Crippen molar-refractivity contribution in [3.63, 3.8) is 0 Å². The second-order valence-corrected chi connectivity index (χ2v) is 11.1. The van der Waals surface area contributed by atoms with Gasteiger partial charge < -0.3 is 0 Å². The Bertz CT molecular complexity index is 1340. The van der Waals surface area contributed by atoms with Crippen LogP contribution >= 0.6 is 12.2 Å². The van der Waals surface area contributed by atoms with Gasteiger partial charge in [-0.05, 0) is 63.3 Å². The fourth-order valence-corrected chi connectivity index (χ4v) is 6.00. The van der Waals surface area contributed by atoms with Crippen molar-refractivity contribution in [1.29, 1.82) is 0 Å².